The van der Waals surface area contributed by atoms with E-state index in [4.69, 9.17) is 4.74 Å². The first-order valence-electron chi connectivity index (χ1n) is 9.73. The van der Waals surface area contributed by atoms with Crippen molar-refractivity contribution in [3.05, 3.63) is 23.8 Å². The summed E-state index contributed by atoms with van der Waals surface area (Å²) in [4.78, 5) is 26.2. The summed E-state index contributed by atoms with van der Waals surface area (Å²) in [5.74, 6) is 0.384. The Morgan fingerprint density at radius 3 is 2.15 bits per heavy atom. The van der Waals surface area contributed by atoms with Crippen LogP contribution >= 0.6 is 0 Å². The van der Waals surface area contributed by atoms with Crippen molar-refractivity contribution in [2.24, 2.45) is 17.3 Å². The predicted molar refractivity (Wildman–Crippen MR) is 109 cm³/mol. The number of likely N-dealkylation sites (N-methyl/N-ethyl adjacent to an activating group) is 1. The minimum absolute atomic E-state index is 0.0524. The van der Waals surface area contributed by atoms with E-state index in [1.807, 2.05) is 26.0 Å². The number of nitrogens with zero attached hydrogens (tertiary/aromatic N) is 1. The quantitative estimate of drug-likeness (QED) is 0.328. The van der Waals surface area contributed by atoms with Crippen molar-refractivity contribution in [2.75, 3.05) is 13.7 Å². The molecule has 4 nitrogen and oxygen atoms in total. The van der Waals surface area contributed by atoms with E-state index in [1.165, 1.54) is 0 Å². The van der Waals surface area contributed by atoms with E-state index in [2.05, 4.69) is 33.8 Å². The van der Waals surface area contributed by atoms with Crippen molar-refractivity contribution in [1.29, 1.82) is 0 Å². The Labute approximate surface area is 160 Å². The van der Waals surface area contributed by atoms with Crippen LogP contribution in [0.3, 0.4) is 0 Å². The van der Waals surface area contributed by atoms with Gasteiger partial charge in [-0.05, 0) is 37.5 Å². The van der Waals surface area contributed by atoms with Gasteiger partial charge in [-0.25, -0.2) is 4.79 Å². The molecule has 0 radical (unpaired) electrons. The lowest BCUT2D eigenvalue weighted by Gasteiger charge is -2.29. The van der Waals surface area contributed by atoms with Crippen LogP contribution in [-0.2, 0) is 14.3 Å². The van der Waals surface area contributed by atoms with E-state index in [-0.39, 0.29) is 29.3 Å². The summed E-state index contributed by atoms with van der Waals surface area (Å²) in [6, 6.07) is -0.134. The molecule has 0 aromatic carbocycles. The van der Waals surface area contributed by atoms with Crippen LogP contribution in [0.4, 0.5) is 0 Å². The Balaban J connectivity index is 5.09. The molecule has 2 atom stereocenters. The van der Waals surface area contributed by atoms with Crippen LogP contribution in [0.2, 0.25) is 0 Å². The molecule has 0 N–H and O–H groups in total. The monoisotopic (exact) mass is 365 g/mol. The number of carbonyl (C=O) groups excluding carboxylic acids is 2. The number of ether oxygens (including phenoxy) is 1. The number of hydrogen-bond acceptors (Lipinski definition) is 3. The second-order valence-electron chi connectivity index (χ2n) is 8.32. The Kier molecular flexibility index (Phi) is 10.5. The normalized spacial score (nSPS) is 15.2. The van der Waals surface area contributed by atoms with Gasteiger partial charge >= 0.3 is 5.97 Å². The van der Waals surface area contributed by atoms with Gasteiger partial charge in [0.2, 0.25) is 5.91 Å². The largest absolute Gasteiger partial charge is 0.463 e. The minimum Gasteiger partial charge on any atom is -0.463 e. The predicted octanol–water partition coefficient (Wildman–Crippen LogP) is 5.00. The smallest absolute Gasteiger partial charge is 0.333 e. The third-order valence-corrected chi connectivity index (χ3v) is 4.75. The van der Waals surface area contributed by atoms with Crippen molar-refractivity contribution < 1.29 is 14.3 Å². The van der Waals surface area contributed by atoms with Crippen LogP contribution in [0.1, 0.15) is 68.2 Å². The fourth-order valence-corrected chi connectivity index (χ4v) is 3.00. The molecule has 4 heteroatoms. The van der Waals surface area contributed by atoms with Crippen molar-refractivity contribution in [3.63, 3.8) is 0 Å². The Morgan fingerprint density at radius 2 is 1.73 bits per heavy atom. The van der Waals surface area contributed by atoms with Gasteiger partial charge in [0.25, 0.3) is 0 Å². The molecule has 26 heavy (non-hydrogen) atoms. The molecule has 0 heterocycles. The summed E-state index contributed by atoms with van der Waals surface area (Å²) in [6.07, 6.45) is 7.42. The molecule has 0 aliphatic carbocycles. The van der Waals surface area contributed by atoms with Crippen LogP contribution in [-0.4, -0.2) is 36.5 Å². The highest BCUT2D eigenvalue weighted by Gasteiger charge is 2.23. The van der Waals surface area contributed by atoms with Crippen LogP contribution in [0.25, 0.3) is 0 Å². The van der Waals surface area contributed by atoms with Gasteiger partial charge in [-0.2, -0.15) is 0 Å². The van der Waals surface area contributed by atoms with Gasteiger partial charge in [-0.1, -0.05) is 59.8 Å². The molecule has 0 saturated carbocycles. The molecule has 0 fully saturated rings. The molecule has 0 saturated heterocycles. The maximum atomic E-state index is 12.6. The second kappa shape index (κ2) is 11.2. The SMILES string of the molecule is CCOC(=O)/C(C)=C/C(C(C)C)N(C)C(=O)C/C=C/[C@@H](CC)C(C)(C)C. The van der Waals surface area contributed by atoms with Gasteiger partial charge in [-0.15, -0.1) is 0 Å². The fraction of sp³-hybridized carbons (Fsp3) is 0.727. The zero-order valence-corrected chi connectivity index (χ0v) is 18.3. The summed E-state index contributed by atoms with van der Waals surface area (Å²) in [5.41, 5.74) is 0.736. The number of esters is 1. The first-order chi connectivity index (χ1) is 11.9. The fourth-order valence-electron chi connectivity index (χ4n) is 3.00. The Hall–Kier alpha value is -1.58. The van der Waals surface area contributed by atoms with Crippen LogP contribution < -0.4 is 0 Å². The summed E-state index contributed by atoms with van der Waals surface area (Å²) in [7, 11) is 1.80. The molecular weight excluding hydrogens is 326 g/mol. The van der Waals surface area contributed by atoms with Gasteiger partial charge in [0, 0.05) is 19.0 Å². The topological polar surface area (TPSA) is 46.6 Å². The average molecular weight is 366 g/mol. The summed E-state index contributed by atoms with van der Waals surface area (Å²) < 4.78 is 5.04. The molecule has 150 valence electrons. The Bertz CT molecular complexity index is 512. The molecule has 1 amide bonds. The lowest BCUT2D eigenvalue weighted by Crippen LogP contribution is -2.39. The highest BCUT2D eigenvalue weighted by atomic mass is 16.5. The average Bonchev–Trinajstić information content (AvgIpc) is 2.54. The highest BCUT2D eigenvalue weighted by Crippen LogP contribution is 2.29. The zero-order chi connectivity index (χ0) is 20.5. The lowest BCUT2D eigenvalue weighted by atomic mass is 9.79. The van der Waals surface area contributed by atoms with E-state index < -0.39 is 0 Å². The van der Waals surface area contributed by atoms with Gasteiger partial charge in [0.1, 0.15) is 0 Å². The summed E-state index contributed by atoms with van der Waals surface area (Å²) >= 11 is 0. The van der Waals surface area contributed by atoms with E-state index in [0.29, 0.717) is 24.5 Å². The third-order valence-electron chi connectivity index (χ3n) is 4.75. The number of allylic oxidation sites excluding steroid dienone is 1. The van der Waals surface area contributed by atoms with E-state index in [1.54, 1.807) is 25.8 Å². The minimum atomic E-state index is -0.324. The number of carbonyl (C=O) groups is 2. The van der Waals surface area contributed by atoms with E-state index >= 15 is 0 Å². The standard InChI is InChI=1S/C22H39NO3/c1-10-18(22(6,7)8)13-12-14-20(24)23(9)19(16(3)4)15-17(5)21(25)26-11-2/h12-13,15-16,18-19H,10-11,14H2,1-9H3/b13-12+,17-15+/t18-,19?/m1/s1. The molecule has 0 aromatic rings. The van der Waals surface area contributed by atoms with Crippen molar-refractivity contribution in [3.8, 4) is 0 Å². The van der Waals surface area contributed by atoms with Gasteiger partial charge in [-0.3, -0.25) is 4.79 Å². The van der Waals surface area contributed by atoms with Gasteiger partial charge in [0.05, 0.1) is 12.6 Å². The van der Waals surface area contributed by atoms with Crippen LogP contribution in [0.5, 0.6) is 0 Å². The summed E-state index contributed by atoms with van der Waals surface area (Å²) in [6.45, 7) is 16.8. The molecule has 0 rings (SSSR count). The van der Waals surface area contributed by atoms with Crippen LogP contribution in [0, 0.1) is 17.3 Å². The third kappa shape index (κ3) is 8.20. The van der Waals surface area contributed by atoms with Crippen LogP contribution in [0.15, 0.2) is 23.8 Å². The van der Waals surface area contributed by atoms with Crippen molar-refractivity contribution >= 4 is 11.9 Å². The molecule has 0 bridgehead atoms. The van der Waals surface area contributed by atoms with E-state index in [9.17, 15) is 9.59 Å². The maximum absolute atomic E-state index is 12.6. The summed E-state index contributed by atoms with van der Waals surface area (Å²) in [5, 5.41) is 0. The maximum Gasteiger partial charge on any atom is 0.333 e. The second-order valence-corrected chi connectivity index (χ2v) is 8.32. The first-order valence-corrected chi connectivity index (χ1v) is 9.73. The number of hydrogen-bond donors (Lipinski definition) is 0. The highest BCUT2D eigenvalue weighted by molar-refractivity contribution is 5.88. The molecule has 1 unspecified atom stereocenters. The van der Waals surface area contributed by atoms with E-state index in [0.717, 1.165) is 6.42 Å². The van der Waals surface area contributed by atoms with Gasteiger partial charge < -0.3 is 9.64 Å². The molecule has 0 aliphatic rings. The zero-order valence-electron chi connectivity index (χ0n) is 18.3. The molecule has 0 spiro atoms. The molecule has 0 aliphatic heterocycles. The lowest BCUT2D eigenvalue weighted by molar-refractivity contribution is -0.138. The number of rotatable bonds is 9. The van der Waals surface area contributed by atoms with Gasteiger partial charge in [0.15, 0.2) is 0 Å². The molecule has 0 aromatic heterocycles. The Morgan fingerprint density at radius 1 is 1.15 bits per heavy atom. The molecular formula is C22H39NO3. The van der Waals surface area contributed by atoms with Crippen molar-refractivity contribution in [1.82, 2.24) is 4.90 Å². The number of amides is 1. The van der Waals surface area contributed by atoms with Crippen molar-refractivity contribution in [2.45, 2.75) is 74.3 Å². The first kappa shape index (κ1) is 24.4.